The molecule has 0 saturated carbocycles. The van der Waals surface area contributed by atoms with Crippen LogP contribution < -0.4 is 5.32 Å². The summed E-state index contributed by atoms with van der Waals surface area (Å²) in [5.41, 5.74) is 1.07. The summed E-state index contributed by atoms with van der Waals surface area (Å²) in [4.78, 5) is 0. The highest BCUT2D eigenvalue weighted by molar-refractivity contribution is 7.85. The fraction of sp³-hybridized carbons (Fsp3) is 0.700. The zero-order chi connectivity index (χ0) is 10.7. The molecule has 0 aromatic carbocycles. The molecule has 1 aliphatic rings. The van der Waals surface area contributed by atoms with Gasteiger partial charge in [-0.3, -0.25) is 8.89 Å². The molecule has 1 aliphatic heterocycles. The molecule has 1 N–H and O–H groups in total. The van der Waals surface area contributed by atoms with E-state index in [-0.39, 0.29) is 0 Å². The zero-order valence-electron chi connectivity index (χ0n) is 8.98. The summed E-state index contributed by atoms with van der Waals surface area (Å²) in [5.74, 6) is 1.69. The molecule has 5 heteroatoms. The molecule has 0 radical (unpaired) electrons. The highest BCUT2D eigenvalue weighted by Crippen LogP contribution is 2.09. The average Bonchev–Trinajstić information content (AvgIpc) is 2.64. The van der Waals surface area contributed by atoms with Gasteiger partial charge in [0.15, 0.2) is 0 Å². The number of hydrogen-bond acceptors (Lipinski definition) is 3. The summed E-state index contributed by atoms with van der Waals surface area (Å²) in [5, 5.41) is 7.77. The van der Waals surface area contributed by atoms with E-state index in [0.717, 1.165) is 36.6 Å². The molecule has 0 bridgehead atoms. The van der Waals surface area contributed by atoms with Crippen LogP contribution in [0.4, 0.5) is 0 Å². The molecule has 1 aromatic heterocycles. The van der Waals surface area contributed by atoms with E-state index in [1.54, 1.807) is 0 Å². The summed E-state index contributed by atoms with van der Waals surface area (Å²) >= 11 is 0. The molecule has 0 atom stereocenters. The number of nitrogens with zero attached hydrogens (tertiary/aromatic N) is 2. The fourth-order valence-corrected chi connectivity index (χ4v) is 3.10. The summed E-state index contributed by atoms with van der Waals surface area (Å²) in [6.45, 7) is 0.818. The lowest BCUT2D eigenvalue weighted by atomic mass is 10.1. The topological polar surface area (TPSA) is 46.9 Å². The Bertz CT molecular complexity index is 340. The smallest absolute Gasteiger partial charge is 0.0762 e. The third-order valence-corrected chi connectivity index (χ3v) is 4.11. The number of nitrogens with one attached hydrogen (secondary N) is 1. The minimum absolute atomic E-state index is 0.518. The second-order valence-corrected chi connectivity index (χ2v) is 5.68. The third-order valence-electron chi connectivity index (χ3n) is 2.73. The molecule has 84 valence electrons. The quantitative estimate of drug-likeness (QED) is 0.814. The van der Waals surface area contributed by atoms with Crippen molar-refractivity contribution in [3.8, 4) is 0 Å². The van der Waals surface area contributed by atoms with Crippen molar-refractivity contribution in [3.63, 3.8) is 0 Å². The highest BCUT2D eigenvalue weighted by atomic mass is 32.2. The van der Waals surface area contributed by atoms with Gasteiger partial charge in [-0.05, 0) is 18.9 Å². The van der Waals surface area contributed by atoms with Crippen LogP contribution >= 0.6 is 0 Å². The molecular weight excluding hydrogens is 210 g/mol. The van der Waals surface area contributed by atoms with Gasteiger partial charge in [-0.15, -0.1) is 0 Å². The first-order valence-corrected chi connectivity index (χ1v) is 6.80. The van der Waals surface area contributed by atoms with Crippen LogP contribution in [0.3, 0.4) is 0 Å². The van der Waals surface area contributed by atoms with Crippen LogP contribution in [0.1, 0.15) is 18.5 Å². The van der Waals surface area contributed by atoms with E-state index in [1.165, 1.54) is 0 Å². The molecule has 0 amide bonds. The Morgan fingerprint density at radius 1 is 1.60 bits per heavy atom. The minimum atomic E-state index is -0.565. The van der Waals surface area contributed by atoms with Gasteiger partial charge in [0.1, 0.15) is 0 Å². The molecule has 15 heavy (non-hydrogen) atoms. The fourth-order valence-electron chi connectivity index (χ4n) is 1.80. The maximum absolute atomic E-state index is 11.2. The summed E-state index contributed by atoms with van der Waals surface area (Å²) < 4.78 is 13.0. The number of rotatable bonds is 3. The van der Waals surface area contributed by atoms with E-state index in [2.05, 4.69) is 10.4 Å². The van der Waals surface area contributed by atoms with E-state index in [1.807, 2.05) is 24.0 Å². The molecule has 4 nitrogen and oxygen atoms in total. The predicted molar refractivity (Wildman–Crippen MR) is 60.9 cm³/mol. The van der Waals surface area contributed by atoms with E-state index in [4.69, 9.17) is 0 Å². The van der Waals surface area contributed by atoms with Crippen LogP contribution in [0, 0.1) is 0 Å². The van der Waals surface area contributed by atoms with Crippen molar-refractivity contribution in [1.29, 1.82) is 0 Å². The van der Waals surface area contributed by atoms with Gasteiger partial charge in [0.05, 0.1) is 5.69 Å². The second kappa shape index (κ2) is 4.90. The first-order valence-electron chi connectivity index (χ1n) is 5.31. The van der Waals surface area contributed by atoms with Gasteiger partial charge < -0.3 is 5.32 Å². The first kappa shape index (κ1) is 10.8. The molecule has 1 fully saturated rings. The van der Waals surface area contributed by atoms with Crippen LogP contribution in [0.5, 0.6) is 0 Å². The lowest BCUT2D eigenvalue weighted by Crippen LogP contribution is -2.35. The van der Waals surface area contributed by atoms with Gasteiger partial charge in [-0.1, -0.05) is 0 Å². The minimum Gasteiger partial charge on any atom is -0.308 e. The lowest BCUT2D eigenvalue weighted by molar-refractivity contribution is 0.470. The van der Waals surface area contributed by atoms with E-state index in [9.17, 15) is 4.21 Å². The van der Waals surface area contributed by atoms with Gasteiger partial charge in [-0.25, -0.2) is 0 Å². The maximum Gasteiger partial charge on any atom is 0.0762 e. The van der Waals surface area contributed by atoms with E-state index in [0.29, 0.717) is 6.04 Å². The molecule has 0 unspecified atom stereocenters. The van der Waals surface area contributed by atoms with Crippen LogP contribution in [0.15, 0.2) is 12.3 Å². The summed E-state index contributed by atoms with van der Waals surface area (Å²) in [7, 11) is 1.36. The largest absolute Gasteiger partial charge is 0.308 e. The van der Waals surface area contributed by atoms with Gasteiger partial charge in [0.2, 0.25) is 0 Å². The van der Waals surface area contributed by atoms with Crippen molar-refractivity contribution in [2.75, 3.05) is 11.5 Å². The van der Waals surface area contributed by atoms with Gasteiger partial charge in [-0.2, -0.15) is 5.10 Å². The Labute approximate surface area is 92.5 Å². The Kier molecular flexibility index (Phi) is 3.53. The third kappa shape index (κ3) is 3.14. The van der Waals surface area contributed by atoms with Crippen molar-refractivity contribution in [2.45, 2.75) is 25.4 Å². The standard InChI is InChI=1S/C10H17N3OS/c1-13-5-2-10(12-13)8-11-9-3-6-15(14)7-4-9/h2,5,9,11H,3-4,6-8H2,1H3. The van der Waals surface area contributed by atoms with Gasteiger partial charge in [0, 0.05) is 48.1 Å². The van der Waals surface area contributed by atoms with Gasteiger partial charge in [0.25, 0.3) is 0 Å². The zero-order valence-corrected chi connectivity index (χ0v) is 9.80. The Morgan fingerprint density at radius 3 is 2.93 bits per heavy atom. The van der Waals surface area contributed by atoms with Crippen molar-refractivity contribution in [2.24, 2.45) is 7.05 Å². The Morgan fingerprint density at radius 2 is 2.33 bits per heavy atom. The number of aryl methyl sites for hydroxylation is 1. The lowest BCUT2D eigenvalue weighted by Gasteiger charge is -2.22. The summed E-state index contributed by atoms with van der Waals surface area (Å²) in [6.07, 6.45) is 4.01. The van der Waals surface area contributed by atoms with Gasteiger partial charge >= 0.3 is 0 Å². The monoisotopic (exact) mass is 227 g/mol. The molecular formula is C10H17N3OS. The highest BCUT2D eigenvalue weighted by Gasteiger charge is 2.17. The number of aromatic nitrogens is 2. The van der Waals surface area contributed by atoms with Crippen LogP contribution in [-0.4, -0.2) is 31.5 Å². The molecule has 0 spiro atoms. The molecule has 1 saturated heterocycles. The molecule has 2 heterocycles. The first-order chi connectivity index (χ1) is 7.24. The molecule has 1 aromatic rings. The van der Waals surface area contributed by atoms with Crippen LogP contribution in [0.2, 0.25) is 0 Å². The van der Waals surface area contributed by atoms with Crippen LogP contribution in [0.25, 0.3) is 0 Å². The van der Waals surface area contributed by atoms with Crippen molar-refractivity contribution in [3.05, 3.63) is 18.0 Å². The Hall–Kier alpha value is -0.680. The molecule has 2 rings (SSSR count). The van der Waals surface area contributed by atoms with Crippen molar-refractivity contribution in [1.82, 2.24) is 15.1 Å². The Balaban J connectivity index is 1.76. The SMILES string of the molecule is Cn1ccc(CNC2CCS(=O)CC2)n1. The summed E-state index contributed by atoms with van der Waals surface area (Å²) in [6, 6.07) is 2.54. The molecule has 0 aliphatic carbocycles. The predicted octanol–water partition coefficient (Wildman–Crippen LogP) is 0.421. The normalized spacial score (nSPS) is 26.7. The van der Waals surface area contributed by atoms with E-state index < -0.39 is 10.8 Å². The van der Waals surface area contributed by atoms with E-state index >= 15 is 0 Å². The average molecular weight is 227 g/mol. The van der Waals surface area contributed by atoms with Crippen LogP contribution in [-0.2, 0) is 24.4 Å². The van der Waals surface area contributed by atoms with Crippen molar-refractivity contribution >= 4 is 10.8 Å². The van der Waals surface area contributed by atoms with Crippen molar-refractivity contribution < 1.29 is 4.21 Å². The number of hydrogen-bond donors (Lipinski definition) is 1. The second-order valence-electron chi connectivity index (χ2n) is 3.98. The maximum atomic E-state index is 11.2.